The lowest BCUT2D eigenvalue weighted by Crippen LogP contribution is -2.49. The fourth-order valence-electron chi connectivity index (χ4n) is 4.07. The van der Waals surface area contributed by atoms with Crippen molar-refractivity contribution in [1.82, 2.24) is 15.1 Å². The second kappa shape index (κ2) is 13.2. The van der Waals surface area contributed by atoms with Crippen molar-refractivity contribution in [3.63, 3.8) is 0 Å². The van der Waals surface area contributed by atoms with Gasteiger partial charge in [-0.25, -0.2) is 0 Å². The number of anilines is 1. The zero-order chi connectivity index (χ0) is 22.6. The van der Waals surface area contributed by atoms with Gasteiger partial charge in [0, 0.05) is 71.8 Å². The summed E-state index contributed by atoms with van der Waals surface area (Å²) in [6, 6.07) is 19.6. The number of benzene rings is 2. The Labute approximate surface area is 193 Å². The summed E-state index contributed by atoms with van der Waals surface area (Å²) in [5, 5.41) is 2.97. The van der Waals surface area contributed by atoms with E-state index in [1.54, 1.807) is 7.11 Å². The first-order valence-corrected chi connectivity index (χ1v) is 11.8. The largest absolute Gasteiger partial charge is 0.385 e. The predicted octanol–water partition coefficient (Wildman–Crippen LogP) is 2.98. The highest BCUT2D eigenvalue weighted by atomic mass is 16.5. The van der Waals surface area contributed by atoms with Crippen molar-refractivity contribution >= 4 is 11.6 Å². The maximum absolute atomic E-state index is 12.1. The molecule has 2 aromatic rings. The number of nitrogens with one attached hydrogen (secondary N) is 1. The molecule has 0 saturated carbocycles. The highest BCUT2D eigenvalue weighted by molar-refractivity contribution is 5.77. The standard InChI is InChI=1S/C26H38N4O2/c1-3-30(21-23-8-5-4-6-9-23)25-12-10-24(11-13-25)20-28-15-17-29(18-16-28)22-26(31)27-14-7-19-32-2/h4-6,8-13H,3,7,14-22H2,1-2H3,(H,27,31). The van der Waals surface area contributed by atoms with Gasteiger partial charge in [-0.15, -0.1) is 0 Å². The summed E-state index contributed by atoms with van der Waals surface area (Å²) in [5.74, 6) is 0.112. The van der Waals surface area contributed by atoms with Crippen LogP contribution in [0, 0.1) is 0 Å². The molecule has 174 valence electrons. The molecule has 0 aliphatic carbocycles. The number of carbonyl (C=O) groups is 1. The number of carbonyl (C=O) groups excluding carboxylic acids is 1. The Morgan fingerprint density at radius 3 is 2.31 bits per heavy atom. The Bertz CT molecular complexity index is 789. The molecule has 6 heteroatoms. The second-order valence-electron chi connectivity index (χ2n) is 8.41. The minimum atomic E-state index is 0.112. The second-order valence-corrected chi connectivity index (χ2v) is 8.41. The molecule has 0 atom stereocenters. The molecular weight excluding hydrogens is 400 g/mol. The predicted molar refractivity (Wildman–Crippen MR) is 131 cm³/mol. The minimum Gasteiger partial charge on any atom is -0.385 e. The van der Waals surface area contributed by atoms with E-state index in [0.29, 0.717) is 19.7 Å². The van der Waals surface area contributed by atoms with Crippen LogP contribution in [0.15, 0.2) is 54.6 Å². The van der Waals surface area contributed by atoms with Crippen molar-refractivity contribution in [3.05, 3.63) is 65.7 Å². The van der Waals surface area contributed by atoms with Gasteiger partial charge in [0.2, 0.25) is 5.91 Å². The van der Waals surface area contributed by atoms with Crippen molar-refractivity contribution in [1.29, 1.82) is 0 Å². The van der Waals surface area contributed by atoms with Crippen molar-refractivity contribution in [2.75, 3.05) is 64.4 Å². The van der Waals surface area contributed by atoms with Crippen molar-refractivity contribution < 1.29 is 9.53 Å². The zero-order valence-electron chi connectivity index (χ0n) is 19.6. The van der Waals surface area contributed by atoms with E-state index in [2.05, 4.69) is 81.5 Å². The topological polar surface area (TPSA) is 48.0 Å². The van der Waals surface area contributed by atoms with Crippen LogP contribution in [0.4, 0.5) is 5.69 Å². The molecule has 0 spiro atoms. The lowest BCUT2D eigenvalue weighted by Gasteiger charge is -2.34. The molecule has 0 bridgehead atoms. The Hall–Kier alpha value is -2.41. The van der Waals surface area contributed by atoms with Crippen LogP contribution < -0.4 is 10.2 Å². The number of nitrogens with zero attached hydrogens (tertiary/aromatic N) is 3. The first kappa shape index (κ1) is 24.2. The number of piperazine rings is 1. The lowest BCUT2D eigenvalue weighted by atomic mass is 10.1. The van der Waals surface area contributed by atoms with E-state index in [9.17, 15) is 4.79 Å². The summed E-state index contributed by atoms with van der Waals surface area (Å²) in [7, 11) is 1.68. The van der Waals surface area contributed by atoms with Crippen molar-refractivity contribution in [2.45, 2.75) is 26.4 Å². The van der Waals surface area contributed by atoms with Gasteiger partial charge in [-0.05, 0) is 36.6 Å². The monoisotopic (exact) mass is 438 g/mol. The first-order valence-electron chi connectivity index (χ1n) is 11.8. The van der Waals surface area contributed by atoms with E-state index in [-0.39, 0.29) is 5.91 Å². The third-order valence-corrected chi connectivity index (χ3v) is 5.99. The molecule has 1 heterocycles. The molecule has 1 aliphatic heterocycles. The summed E-state index contributed by atoms with van der Waals surface area (Å²) in [4.78, 5) is 19.2. The molecule has 0 aromatic heterocycles. The summed E-state index contributed by atoms with van der Waals surface area (Å²) in [6.45, 7) is 10.8. The molecule has 2 aromatic carbocycles. The highest BCUT2D eigenvalue weighted by Gasteiger charge is 2.19. The van der Waals surface area contributed by atoms with E-state index >= 15 is 0 Å². The van der Waals surface area contributed by atoms with E-state index in [1.165, 1.54) is 16.8 Å². The number of hydrogen-bond donors (Lipinski definition) is 1. The fraction of sp³-hybridized carbons (Fsp3) is 0.500. The first-order chi connectivity index (χ1) is 15.7. The summed E-state index contributed by atoms with van der Waals surface area (Å²) < 4.78 is 5.01. The van der Waals surface area contributed by atoms with Crippen LogP contribution in [0.3, 0.4) is 0 Å². The average Bonchev–Trinajstić information content (AvgIpc) is 2.83. The van der Waals surface area contributed by atoms with E-state index in [0.717, 1.165) is 52.2 Å². The number of amides is 1. The van der Waals surface area contributed by atoms with Crippen LogP contribution in [-0.4, -0.2) is 75.2 Å². The van der Waals surface area contributed by atoms with Crippen LogP contribution in [0.2, 0.25) is 0 Å². The van der Waals surface area contributed by atoms with Gasteiger partial charge in [-0.3, -0.25) is 14.6 Å². The van der Waals surface area contributed by atoms with Gasteiger partial charge in [-0.2, -0.15) is 0 Å². The van der Waals surface area contributed by atoms with Gasteiger partial charge >= 0.3 is 0 Å². The maximum Gasteiger partial charge on any atom is 0.234 e. The highest BCUT2D eigenvalue weighted by Crippen LogP contribution is 2.19. The molecule has 0 unspecified atom stereocenters. The van der Waals surface area contributed by atoms with Gasteiger partial charge in [-0.1, -0.05) is 42.5 Å². The number of methoxy groups -OCH3 is 1. The van der Waals surface area contributed by atoms with Gasteiger partial charge in [0.15, 0.2) is 0 Å². The van der Waals surface area contributed by atoms with Crippen LogP contribution in [0.1, 0.15) is 24.5 Å². The van der Waals surface area contributed by atoms with Crippen molar-refractivity contribution in [2.24, 2.45) is 0 Å². The lowest BCUT2D eigenvalue weighted by molar-refractivity contribution is -0.122. The Balaban J connectivity index is 1.41. The quantitative estimate of drug-likeness (QED) is 0.517. The molecule has 0 radical (unpaired) electrons. The SMILES string of the molecule is CCN(Cc1ccccc1)c1ccc(CN2CCN(CC(=O)NCCCOC)CC2)cc1. The number of rotatable bonds is 12. The van der Waals surface area contributed by atoms with E-state index in [4.69, 9.17) is 4.74 Å². The number of ether oxygens (including phenoxy) is 1. The Kier molecular flexibility index (Phi) is 10.0. The van der Waals surface area contributed by atoms with E-state index in [1.807, 2.05) is 0 Å². The molecule has 6 nitrogen and oxygen atoms in total. The van der Waals surface area contributed by atoms with Crippen LogP contribution in [0.25, 0.3) is 0 Å². The Morgan fingerprint density at radius 1 is 0.969 bits per heavy atom. The normalized spacial score (nSPS) is 14.9. The molecule has 32 heavy (non-hydrogen) atoms. The van der Waals surface area contributed by atoms with Gasteiger partial charge in [0.05, 0.1) is 6.54 Å². The summed E-state index contributed by atoms with van der Waals surface area (Å²) in [5.41, 5.74) is 3.94. The molecule has 3 rings (SSSR count). The van der Waals surface area contributed by atoms with Crippen LogP contribution in [0.5, 0.6) is 0 Å². The molecule has 1 saturated heterocycles. The third-order valence-electron chi connectivity index (χ3n) is 5.99. The molecule has 1 amide bonds. The van der Waals surface area contributed by atoms with Crippen molar-refractivity contribution in [3.8, 4) is 0 Å². The van der Waals surface area contributed by atoms with Crippen LogP contribution in [-0.2, 0) is 22.6 Å². The third kappa shape index (κ3) is 7.93. The smallest absolute Gasteiger partial charge is 0.234 e. The Morgan fingerprint density at radius 2 is 1.66 bits per heavy atom. The fourth-order valence-corrected chi connectivity index (χ4v) is 4.07. The summed E-state index contributed by atoms with van der Waals surface area (Å²) in [6.07, 6.45) is 0.858. The molecule has 1 aliphatic rings. The maximum atomic E-state index is 12.1. The zero-order valence-corrected chi connectivity index (χ0v) is 19.6. The minimum absolute atomic E-state index is 0.112. The van der Waals surface area contributed by atoms with E-state index < -0.39 is 0 Å². The van der Waals surface area contributed by atoms with Gasteiger partial charge in [0.25, 0.3) is 0 Å². The molecule has 1 N–H and O–H groups in total. The molecule has 1 fully saturated rings. The van der Waals surface area contributed by atoms with Gasteiger partial charge < -0.3 is 15.0 Å². The number of hydrogen-bond acceptors (Lipinski definition) is 5. The summed E-state index contributed by atoms with van der Waals surface area (Å²) >= 11 is 0. The molecular formula is C26H38N4O2. The average molecular weight is 439 g/mol. The van der Waals surface area contributed by atoms with Gasteiger partial charge in [0.1, 0.15) is 0 Å². The van der Waals surface area contributed by atoms with Crippen LogP contribution >= 0.6 is 0 Å².